The Morgan fingerprint density at radius 3 is 2.50 bits per heavy atom. The average Bonchev–Trinajstić information content (AvgIpc) is 2.98. The van der Waals surface area contributed by atoms with Crippen LogP contribution in [0.4, 0.5) is 11.4 Å². The minimum absolute atomic E-state index is 0.210. The molecule has 0 bridgehead atoms. The Kier molecular flexibility index (Phi) is 6.72. The van der Waals surface area contributed by atoms with Gasteiger partial charge >= 0.3 is 0 Å². The topological polar surface area (TPSA) is 66.5 Å². The highest BCUT2D eigenvalue weighted by molar-refractivity contribution is 7.85. The Morgan fingerprint density at radius 1 is 0.917 bits per heavy atom. The molecule has 4 aromatic carbocycles. The van der Waals surface area contributed by atoms with E-state index in [4.69, 9.17) is 11.6 Å². The minimum Gasteiger partial charge on any atom is -0.322 e. The maximum atomic E-state index is 13.7. The Balaban J connectivity index is 1.60. The summed E-state index contributed by atoms with van der Waals surface area (Å²) < 4.78 is 13.6. The quantitative estimate of drug-likeness (QED) is 0.331. The molecule has 180 valence electrons. The van der Waals surface area contributed by atoms with Gasteiger partial charge in [-0.05, 0) is 66.1 Å². The van der Waals surface area contributed by atoms with Gasteiger partial charge in [-0.1, -0.05) is 61.0 Å². The molecule has 1 aliphatic heterocycles. The number of nitrogens with zero attached hydrogens (tertiary/aromatic N) is 1. The fourth-order valence-electron chi connectivity index (χ4n) is 4.32. The number of amides is 2. The van der Waals surface area contributed by atoms with Gasteiger partial charge in [0.2, 0.25) is 0 Å². The highest BCUT2D eigenvalue weighted by atomic mass is 35.5. The summed E-state index contributed by atoms with van der Waals surface area (Å²) in [5.41, 5.74) is 3.76. The molecular formula is C29H23ClN2O3S. The van der Waals surface area contributed by atoms with Gasteiger partial charge < -0.3 is 10.2 Å². The van der Waals surface area contributed by atoms with Crippen LogP contribution in [0.15, 0.2) is 101 Å². The van der Waals surface area contributed by atoms with E-state index in [-0.39, 0.29) is 18.4 Å². The number of anilines is 2. The lowest BCUT2D eigenvalue weighted by molar-refractivity contribution is 0.0979. The molecular weight excluding hydrogens is 492 g/mol. The van der Waals surface area contributed by atoms with Gasteiger partial charge in [-0.3, -0.25) is 9.59 Å². The Labute approximate surface area is 217 Å². The van der Waals surface area contributed by atoms with Crippen LogP contribution >= 0.6 is 11.6 Å². The second kappa shape index (κ2) is 10.1. The van der Waals surface area contributed by atoms with Gasteiger partial charge in [0.05, 0.1) is 38.4 Å². The third-order valence-electron chi connectivity index (χ3n) is 6.15. The average molecular weight is 515 g/mol. The minimum atomic E-state index is -1.60. The first-order valence-electron chi connectivity index (χ1n) is 11.6. The SMILES string of the molecule is CCc1ccccc1NC(=O)c1ccc2c(c1)N(Cc1cccc(Cl)c1)C(=O)c1ccccc1[S@@]2=O. The number of aryl methyl sites for hydroxylation is 1. The zero-order chi connectivity index (χ0) is 25.2. The van der Waals surface area contributed by atoms with E-state index in [1.165, 1.54) is 0 Å². The van der Waals surface area contributed by atoms with Gasteiger partial charge in [-0.15, -0.1) is 0 Å². The molecule has 0 saturated heterocycles. The molecule has 0 aromatic heterocycles. The summed E-state index contributed by atoms with van der Waals surface area (Å²) in [5, 5.41) is 3.53. The first-order chi connectivity index (χ1) is 17.5. The van der Waals surface area contributed by atoms with Crippen LogP contribution in [0, 0.1) is 0 Å². The predicted octanol–water partition coefficient (Wildman–Crippen LogP) is 6.48. The van der Waals surface area contributed by atoms with E-state index in [9.17, 15) is 13.8 Å². The van der Waals surface area contributed by atoms with Gasteiger partial charge in [-0.25, -0.2) is 4.21 Å². The van der Waals surface area contributed by atoms with Gasteiger partial charge in [-0.2, -0.15) is 0 Å². The number of rotatable bonds is 5. The number of fused-ring (bicyclic) bond motifs is 2. The van der Waals surface area contributed by atoms with Crippen LogP contribution < -0.4 is 10.2 Å². The van der Waals surface area contributed by atoms with Crippen molar-refractivity contribution >= 4 is 45.6 Å². The van der Waals surface area contributed by atoms with Gasteiger partial charge in [0.25, 0.3) is 11.8 Å². The van der Waals surface area contributed by atoms with Crippen molar-refractivity contribution in [3.63, 3.8) is 0 Å². The molecule has 0 aliphatic carbocycles. The second-order valence-corrected chi connectivity index (χ2v) is 10.3. The van der Waals surface area contributed by atoms with Crippen molar-refractivity contribution in [2.45, 2.75) is 29.7 Å². The molecule has 0 spiro atoms. The van der Waals surface area contributed by atoms with Crippen LogP contribution in [0.1, 0.15) is 38.8 Å². The van der Waals surface area contributed by atoms with E-state index >= 15 is 0 Å². The van der Waals surface area contributed by atoms with Gasteiger partial charge in [0, 0.05) is 16.3 Å². The van der Waals surface area contributed by atoms with Crippen molar-refractivity contribution in [3.8, 4) is 0 Å². The van der Waals surface area contributed by atoms with E-state index in [2.05, 4.69) is 5.32 Å². The van der Waals surface area contributed by atoms with Crippen molar-refractivity contribution in [2.75, 3.05) is 10.2 Å². The predicted molar refractivity (Wildman–Crippen MR) is 143 cm³/mol. The van der Waals surface area contributed by atoms with E-state index in [0.717, 1.165) is 23.2 Å². The molecule has 0 unspecified atom stereocenters. The molecule has 1 aliphatic rings. The lowest BCUT2D eigenvalue weighted by atomic mass is 10.1. The molecule has 4 aromatic rings. The van der Waals surface area contributed by atoms with Crippen LogP contribution in [-0.4, -0.2) is 16.0 Å². The normalized spacial score (nSPS) is 14.6. The number of hydrogen-bond acceptors (Lipinski definition) is 3. The van der Waals surface area contributed by atoms with Crippen LogP contribution in [0.2, 0.25) is 5.02 Å². The van der Waals surface area contributed by atoms with E-state index in [1.807, 2.05) is 43.3 Å². The number of benzene rings is 4. The lowest BCUT2D eigenvalue weighted by Crippen LogP contribution is -2.30. The van der Waals surface area contributed by atoms with Crippen LogP contribution in [0.25, 0.3) is 0 Å². The van der Waals surface area contributed by atoms with E-state index < -0.39 is 10.8 Å². The Hall–Kier alpha value is -3.74. The number of carbonyl (C=O) groups is 2. The smallest absolute Gasteiger partial charge is 0.259 e. The molecule has 7 heteroatoms. The fourth-order valence-corrected chi connectivity index (χ4v) is 5.88. The van der Waals surface area contributed by atoms with Crippen molar-refractivity contribution in [3.05, 3.63) is 118 Å². The first-order valence-corrected chi connectivity index (χ1v) is 13.1. The highest BCUT2D eigenvalue weighted by Crippen LogP contribution is 2.36. The Bertz CT molecular complexity index is 1520. The molecule has 1 N–H and O–H groups in total. The third-order valence-corrected chi connectivity index (χ3v) is 7.89. The standard InChI is InChI=1S/C29H23ClN2O3S/c1-2-20-9-3-5-12-24(20)31-28(33)21-14-15-27-25(17-21)32(18-19-8-7-10-22(30)16-19)29(34)23-11-4-6-13-26(23)36(27)35/h3-17H,2,18H2,1H3,(H,31,33)/t36-/m0/s1. The summed E-state index contributed by atoms with van der Waals surface area (Å²) >= 11 is 6.20. The van der Waals surface area contributed by atoms with E-state index in [1.54, 1.807) is 59.5 Å². The molecule has 0 saturated carbocycles. The van der Waals surface area contributed by atoms with Gasteiger partial charge in [0.15, 0.2) is 0 Å². The number of hydrogen-bond donors (Lipinski definition) is 1. The largest absolute Gasteiger partial charge is 0.322 e. The molecule has 1 heterocycles. The maximum Gasteiger partial charge on any atom is 0.259 e. The van der Waals surface area contributed by atoms with Crippen molar-refractivity contribution < 1.29 is 13.8 Å². The van der Waals surface area contributed by atoms with Crippen molar-refractivity contribution in [1.82, 2.24) is 0 Å². The van der Waals surface area contributed by atoms with Crippen molar-refractivity contribution in [1.29, 1.82) is 0 Å². The summed E-state index contributed by atoms with van der Waals surface area (Å²) in [7, 11) is -1.60. The highest BCUT2D eigenvalue weighted by Gasteiger charge is 2.31. The first kappa shape index (κ1) is 24.0. The third kappa shape index (κ3) is 4.57. The Morgan fingerprint density at radius 2 is 1.69 bits per heavy atom. The molecule has 0 radical (unpaired) electrons. The van der Waals surface area contributed by atoms with Gasteiger partial charge in [0.1, 0.15) is 0 Å². The van der Waals surface area contributed by atoms with Crippen LogP contribution in [0.5, 0.6) is 0 Å². The van der Waals surface area contributed by atoms with E-state index in [0.29, 0.717) is 31.6 Å². The number of halogens is 1. The summed E-state index contributed by atoms with van der Waals surface area (Å²) in [6.07, 6.45) is 0.778. The number of para-hydroxylation sites is 1. The summed E-state index contributed by atoms with van der Waals surface area (Å²) in [6.45, 7) is 2.24. The summed E-state index contributed by atoms with van der Waals surface area (Å²) in [6, 6.07) is 26.8. The molecule has 0 fully saturated rings. The molecule has 36 heavy (non-hydrogen) atoms. The van der Waals surface area contributed by atoms with Crippen LogP contribution in [-0.2, 0) is 23.8 Å². The maximum absolute atomic E-state index is 13.7. The second-order valence-electron chi connectivity index (χ2n) is 8.43. The monoisotopic (exact) mass is 514 g/mol. The summed E-state index contributed by atoms with van der Waals surface area (Å²) in [4.78, 5) is 29.5. The van der Waals surface area contributed by atoms with Crippen molar-refractivity contribution in [2.24, 2.45) is 0 Å². The molecule has 1 atom stereocenters. The molecule has 2 amide bonds. The fraction of sp³-hybridized carbons (Fsp3) is 0.103. The number of nitrogens with one attached hydrogen (secondary N) is 1. The molecule has 5 nitrogen and oxygen atoms in total. The van der Waals surface area contributed by atoms with Crippen LogP contribution in [0.3, 0.4) is 0 Å². The number of carbonyl (C=O) groups excluding carboxylic acids is 2. The molecule has 5 rings (SSSR count). The zero-order valence-electron chi connectivity index (χ0n) is 19.5. The lowest BCUT2D eigenvalue weighted by Gasteiger charge is -2.24. The summed E-state index contributed by atoms with van der Waals surface area (Å²) in [5.74, 6) is -0.590. The zero-order valence-corrected chi connectivity index (χ0v) is 21.1.